The molecule has 35 heavy (non-hydrogen) atoms. The molecule has 2 aliphatic heterocycles. The van der Waals surface area contributed by atoms with Gasteiger partial charge in [0.25, 0.3) is 0 Å². The van der Waals surface area contributed by atoms with Crippen LogP contribution in [-0.2, 0) is 20.7 Å². The van der Waals surface area contributed by atoms with Gasteiger partial charge < -0.3 is 15.0 Å². The number of unbranched alkanes of at least 4 members (excludes halogenated alkanes) is 2. The maximum atomic E-state index is 13.2. The molecule has 7 nitrogen and oxygen atoms in total. The van der Waals surface area contributed by atoms with Crippen LogP contribution in [0.25, 0.3) is 0 Å². The topological polar surface area (TPSA) is 74.2 Å². The fourth-order valence-corrected chi connectivity index (χ4v) is 4.79. The van der Waals surface area contributed by atoms with Crippen molar-refractivity contribution < 1.29 is 14.3 Å². The van der Waals surface area contributed by atoms with E-state index in [-0.39, 0.29) is 11.8 Å². The maximum Gasteiger partial charge on any atom is 0.241 e. The number of nitrogens with zero attached hydrogens (tertiary/aromatic N) is 3. The summed E-state index contributed by atoms with van der Waals surface area (Å²) in [5.41, 5.74) is 2.90. The number of aliphatic imine (C=N–C) groups is 1. The van der Waals surface area contributed by atoms with Crippen molar-refractivity contribution in [1.29, 1.82) is 0 Å². The van der Waals surface area contributed by atoms with E-state index in [1.165, 1.54) is 0 Å². The summed E-state index contributed by atoms with van der Waals surface area (Å²) in [6.07, 6.45) is 9.54. The highest BCUT2D eigenvalue weighted by Gasteiger charge is 2.35. The number of halogens is 1. The third kappa shape index (κ3) is 6.99. The molecule has 0 aromatic heterocycles. The predicted octanol–water partition coefficient (Wildman–Crippen LogP) is 3.53. The number of carbonyl (C=O) groups excluding carboxylic acids is 2. The minimum Gasteiger partial charge on any atom is -0.378 e. The number of carbonyl (C=O) groups is 2. The molecule has 1 aromatic rings. The number of benzene rings is 1. The molecule has 1 saturated heterocycles. The Labute approximate surface area is 216 Å². The molecule has 1 aliphatic carbocycles. The van der Waals surface area contributed by atoms with Crippen LogP contribution >= 0.6 is 23.8 Å². The summed E-state index contributed by atoms with van der Waals surface area (Å²) >= 11 is 11.3. The lowest BCUT2D eigenvalue weighted by Crippen LogP contribution is -2.47. The first-order valence-corrected chi connectivity index (χ1v) is 13.0. The van der Waals surface area contributed by atoms with Crippen molar-refractivity contribution >= 4 is 46.5 Å². The van der Waals surface area contributed by atoms with Gasteiger partial charge in [-0.05, 0) is 67.4 Å². The number of hydrogen-bond acceptors (Lipinski definition) is 5. The van der Waals surface area contributed by atoms with Gasteiger partial charge in [-0.3, -0.25) is 14.5 Å². The number of rotatable bonds is 10. The summed E-state index contributed by atoms with van der Waals surface area (Å²) in [5.74, 6) is -0.362. The summed E-state index contributed by atoms with van der Waals surface area (Å²) in [7, 11) is 0. The third-order valence-electron chi connectivity index (χ3n) is 6.38. The van der Waals surface area contributed by atoms with Gasteiger partial charge in [0.05, 0.1) is 18.9 Å². The maximum absolute atomic E-state index is 13.2. The first-order valence-electron chi connectivity index (χ1n) is 12.2. The number of fused-ring (bicyclic) bond motifs is 1. The molecule has 2 amide bonds. The lowest BCUT2D eigenvalue weighted by molar-refractivity contribution is -0.128. The number of thiocarbonyl (C=S) groups is 1. The first-order chi connectivity index (χ1) is 17.0. The summed E-state index contributed by atoms with van der Waals surface area (Å²) in [5, 5.41) is 4.00. The number of nitrogens with one attached hydrogen (secondary N) is 1. The van der Waals surface area contributed by atoms with E-state index in [0.717, 1.165) is 50.0 Å². The average molecular weight is 515 g/mol. The highest BCUT2D eigenvalue weighted by Crippen LogP contribution is 2.25. The summed E-state index contributed by atoms with van der Waals surface area (Å²) in [6, 6.07) is 7.65. The van der Waals surface area contributed by atoms with Gasteiger partial charge in [0.15, 0.2) is 0 Å². The molecule has 1 fully saturated rings. The van der Waals surface area contributed by atoms with Gasteiger partial charge in [0.2, 0.25) is 16.9 Å². The Morgan fingerprint density at radius 2 is 1.91 bits per heavy atom. The lowest BCUT2D eigenvalue weighted by Gasteiger charge is -2.35. The molecule has 0 spiro atoms. The smallest absolute Gasteiger partial charge is 0.241 e. The minimum absolute atomic E-state index is 0.0185. The second kappa shape index (κ2) is 12.4. The molecule has 1 unspecified atom stereocenters. The van der Waals surface area contributed by atoms with Crippen LogP contribution in [0.15, 0.2) is 53.2 Å². The van der Waals surface area contributed by atoms with E-state index in [4.69, 9.17) is 28.6 Å². The van der Waals surface area contributed by atoms with E-state index in [1.54, 1.807) is 4.90 Å². The molecule has 9 heteroatoms. The van der Waals surface area contributed by atoms with Crippen LogP contribution in [0, 0.1) is 5.92 Å². The molecular formula is C26H31ClN4O3S. The Bertz CT molecular complexity index is 1030. The van der Waals surface area contributed by atoms with Crippen molar-refractivity contribution in [3.05, 3.63) is 58.8 Å². The molecule has 2 heterocycles. The van der Waals surface area contributed by atoms with Gasteiger partial charge in [-0.15, -0.1) is 0 Å². The van der Waals surface area contributed by atoms with Gasteiger partial charge >= 0.3 is 0 Å². The van der Waals surface area contributed by atoms with Crippen molar-refractivity contribution in [2.24, 2.45) is 10.9 Å². The average Bonchev–Trinajstić information content (AvgIpc) is 2.87. The number of allylic oxidation sites excluding steroid dienone is 2. The molecule has 1 atom stereocenters. The third-order valence-corrected chi connectivity index (χ3v) is 6.94. The van der Waals surface area contributed by atoms with Crippen molar-refractivity contribution in [2.75, 3.05) is 39.4 Å². The van der Waals surface area contributed by atoms with E-state index >= 15 is 0 Å². The number of hydrogen-bond donors (Lipinski definition) is 1. The number of amides is 2. The van der Waals surface area contributed by atoms with E-state index in [0.29, 0.717) is 48.6 Å². The zero-order chi connectivity index (χ0) is 24.6. The van der Waals surface area contributed by atoms with Crippen molar-refractivity contribution in [3.8, 4) is 0 Å². The van der Waals surface area contributed by atoms with Gasteiger partial charge in [-0.1, -0.05) is 30.2 Å². The van der Waals surface area contributed by atoms with E-state index in [2.05, 4.69) is 15.2 Å². The van der Waals surface area contributed by atoms with Gasteiger partial charge in [0, 0.05) is 43.3 Å². The van der Waals surface area contributed by atoms with E-state index in [1.807, 2.05) is 42.5 Å². The van der Waals surface area contributed by atoms with Crippen molar-refractivity contribution in [3.63, 3.8) is 0 Å². The predicted molar refractivity (Wildman–Crippen MR) is 141 cm³/mol. The van der Waals surface area contributed by atoms with Crippen LogP contribution < -0.4 is 5.32 Å². The van der Waals surface area contributed by atoms with Crippen molar-refractivity contribution in [2.45, 2.75) is 32.1 Å². The SMILES string of the molecule is O=C(CCCCCN1C(=O)C2C=C(N3CCOCC3)C=CC2=NC1=S)NCCc1ccc(Cl)cc1. The highest BCUT2D eigenvalue weighted by atomic mass is 35.5. The quantitative estimate of drug-likeness (QED) is 0.382. The molecule has 1 aromatic carbocycles. The second-order valence-electron chi connectivity index (χ2n) is 8.85. The number of ether oxygens (including phenoxy) is 1. The zero-order valence-electron chi connectivity index (χ0n) is 19.7. The molecule has 0 saturated carbocycles. The van der Waals surface area contributed by atoms with Crippen LogP contribution in [-0.4, -0.2) is 71.8 Å². The molecule has 1 N–H and O–H groups in total. The Balaban J connectivity index is 1.17. The number of morpholine rings is 1. The Hall–Kier alpha value is -2.55. The largest absolute Gasteiger partial charge is 0.378 e. The minimum atomic E-state index is -0.393. The van der Waals surface area contributed by atoms with Crippen LogP contribution in [0.5, 0.6) is 0 Å². The molecule has 3 aliphatic rings. The highest BCUT2D eigenvalue weighted by molar-refractivity contribution is 7.80. The fourth-order valence-electron chi connectivity index (χ4n) is 4.38. The monoisotopic (exact) mass is 514 g/mol. The van der Waals surface area contributed by atoms with Gasteiger partial charge in [-0.2, -0.15) is 0 Å². The van der Waals surface area contributed by atoms with Crippen LogP contribution in [0.1, 0.15) is 31.2 Å². The molecule has 4 rings (SSSR count). The Morgan fingerprint density at radius 3 is 2.69 bits per heavy atom. The normalized spacial score (nSPS) is 19.9. The molecule has 0 radical (unpaired) electrons. The zero-order valence-corrected chi connectivity index (χ0v) is 21.3. The van der Waals surface area contributed by atoms with E-state index in [9.17, 15) is 9.59 Å². The summed E-state index contributed by atoms with van der Waals surface area (Å²) < 4.78 is 5.43. The van der Waals surface area contributed by atoms with E-state index < -0.39 is 5.92 Å². The summed E-state index contributed by atoms with van der Waals surface area (Å²) in [6.45, 7) is 4.16. The fraction of sp³-hybridized carbons (Fsp3) is 0.462. The van der Waals surface area contributed by atoms with Gasteiger partial charge in [-0.25, -0.2) is 4.99 Å². The molecule has 186 valence electrons. The standard InChI is InChI=1S/C26H31ClN4O3S/c27-20-7-5-19(6-8-20)11-12-28-24(32)4-2-1-3-13-31-25(33)22-18-21(30-14-16-34-17-15-30)9-10-23(22)29-26(31)35/h5-10,18,22H,1-4,11-17H2,(H,28,32). The van der Waals surface area contributed by atoms with Gasteiger partial charge in [0.1, 0.15) is 5.92 Å². The summed E-state index contributed by atoms with van der Waals surface area (Å²) in [4.78, 5) is 33.7. The Kier molecular flexibility index (Phi) is 9.06. The van der Waals surface area contributed by atoms with Crippen molar-refractivity contribution in [1.82, 2.24) is 15.1 Å². The van der Waals surface area contributed by atoms with Crippen LogP contribution in [0.4, 0.5) is 0 Å². The second-order valence-corrected chi connectivity index (χ2v) is 9.65. The first kappa shape index (κ1) is 25.5. The lowest BCUT2D eigenvalue weighted by atomic mass is 9.93. The van der Waals surface area contributed by atoms with Crippen LogP contribution in [0.3, 0.4) is 0 Å². The molecule has 0 bridgehead atoms. The Morgan fingerprint density at radius 1 is 1.14 bits per heavy atom. The molecular weight excluding hydrogens is 484 g/mol. The van der Waals surface area contributed by atoms with Crippen LogP contribution in [0.2, 0.25) is 5.02 Å².